The fraction of sp³-hybridized carbons (Fsp3) is 0.611. The highest BCUT2D eigenvalue weighted by atomic mass is 32.2. The Kier molecular flexibility index (Phi) is 5.26. The predicted octanol–water partition coefficient (Wildman–Crippen LogP) is 1.69. The van der Waals surface area contributed by atoms with Gasteiger partial charge in [0.2, 0.25) is 17.7 Å². The number of rotatable bonds is 4. The number of anilines is 3. The van der Waals surface area contributed by atoms with Gasteiger partial charge in [0.15, 0.2) is 11.6 Å². The van der Waals surface area contributed by atoms with Crippen LogP contribution in [0.15, 0.2) is 5.03 Å². The first-order chi connectivity index (χ1) is 15.3. The van der Waals surface area contributed by atoms with Gasteiger partial charge in [-0.2, -0.15) is 18.2 Å². The third-order valence-electron chi connectivity index (χ3n) is 5.58. The Hall–Kier alpha value is -2.77. The molecule has 1 saturated heterocycles. The third kappa shape index (κ3) is 3.80. The minimum Gasteiger partial charge on any atom is -0.368 e. The number of carbonyl (C=O) groups is 1. The van der Waals surface area contributed by atoms with Gasteiger partial charge in [0.1, 0.15) is 10.7 Å². The van der Waals surface area contributed by atoms with Crippen LogP contribution in [0.25, 0.3) is 0 Å². The zero-order chi connectivity index (χ0) is 22.5. The average Bonchev–Trinajstić information content (AvgIpc) is 3.36. The number of fused-ring (bicyclic) bond motifs is 2. The van der Waals surface area contributed by atoms with Gasteiger partial charge in [-0.25, -0.2) is 4.98 Å². The van der Waals surface area contributed by atoms with Crippen LogP contribution in [0, 0.1) is 0 Å². The van der Waals surface area contributed by atoms with E-state index in [-0.39, 0.29) is 36.7 Å². The standard InChI is InChI=1S/C18H22F3N9OS/c1-2-3-12-23-13-14(24-17(25-15(13)32-12)29-5-4-22-11(31)9-29)28-6-7-30-10(8-28)26-27-16(30)18(19,20)21/h12,23H,2-9H2,1H3,(H,22,31). The number of aromatic nitrogens is 5. The van der Waals surface area contributed by atoms with E-state index in [9.17, 15) is 18.0 Å². The molecule has 1 unspecified atom stereocenters. The van der Waals surface area contributed by atoms with Crippen molar-refractivity contribution in [1.29, 1.82) is 0 Å². The molecular weight excluding hydrogens is 447 g/mol. The molecule has 14 heteroatoms. The molecule has 1 atom stereocenters. The van der Waals surface area contributed by atoms with Crippen LogP contribution in [0.4, 0.5) is 30.6 Å². The monoisotopic (exact) mass is 469 g/mol. The van der Waals surface area contributed by atoms with Crippen molar-refractivity contribution in [2.75, 3.05) is 41.3 Å². The van der Waals surface area contributed by atoms with E-state index in [0.29, 0.717) is 31.4 Å². The van der Waals surface area contributed by atoms with Gasteiger partial charge in [-0.05, 0) is 6.42 Å². The van der Waals surface area contributed by atoms with E-state index in [1.165, 1.54) is 0 Å². The van der Waals surface area contributed by atoms with Gasteiger partial charge >= 0.3 is 6.18 Å². The molecule has 1 fully saturated rings. The van der Waals surface area contributed by atoms with Gasteiger partial charge in [-0.15, -0.1) is 10.2 Å². The summed E-state index contributed by atoms with van der Waals surface area (Å²) < 4.78 is 40.7. The molecule has 172 valence electrons. The van der Waals surface area contributed by atoms with Gasteiger partial charge in [0.25, 0.3) is 0 Å². The number of halogens is 3. The van der Waals surface area contributed by atoms with Crippen LogP contribution in [-0.2, 0) is 24.1 Å². The summed E-state index contributed by atoms with van der Waals surface area (Å²) in [6, 6.07) is 0. The number of hydrogen-bond donors (Lipinski definition) is 2. The molecule has 5 rings (SSSR count). The average molecular weight is 469 g/mol. The zero-order valence-electron chi connectivity index (χ0n) is 17.3. The maximum Gasteiger partial charge on any atom is 0.451 e. The van der Waals surface area contributed by atoms with Crippen LogP contribution in [0.2, 0.25) is 0 Å². The van der Waals surface area contributed by atoms with Crippen LogP contribution in [0.3, 0.4) is 0 Å². The lowest BCUT2D eigenvalue weighted by Gasteiger charge is -2.32. The molecule has 2 aromatic rings. The highest BCUT2D eigenvalue weighted by molar-refractivity contribution is 8.00. The Morgan fingerprint density at radius 1 is 1.12 bits per heavy atom. The van der Waals surface area contributed by atoms with Crippen molar-refractivity contribution in [3.05, 3.63) is 11.6 Å². The molecule has 2 N–H and O–H groups in total. The van der Waals surface area contributed by atoms with E-state index in [4.69, 9.17) is 9.97 Å². The smallest absolute Gasteiger partial charge is 0.368 e. The molecule has 0 aliphatic carbocycles. The molecule has 0 saturated carbocycles. The summed E-state index contributed by atoms with van der Waals surface area (Å²) in [5.74, 6) is 0.234. The summed E-state index contributed by atoms with van der Waals surface area (Å²) in [4.78, 5) is 25.1. The number of alkyl halides is 3. The van der Waals surface area contributed by atoms with Crippen molar-refractivity contribution in [2.45, 2.75) is 49.4 Å². The lowest BCUT2D eigenvalue weighted by molar-refractivity contribution is -0.147. The largest absolute Gasteiger partial charge is 0.451 e. The molecule has 0 aromatic carbocycles. The summed E-state index contributed by atoms with van der Waals surface area (Å²) in [6.07, 6.45) is -2.62. The van der Waals surface area contributed by atoms with Gasteiger partial charge in [0, 0.05) is 26.2 Å². The summed E-state index contributed by atoms with van der Waals surface area (Å²) >= 11 is 1.61. The lowest BCUT2D eigenvalue weighted by Crippen LogP contribution is -2.48. The number of nitrogens with one attached hydrogen (secondary N) is 2. The maximum atomic E-state index is 13.2. The Labute approximate surface area is 186 Å². The molecule has 3 aliphatic rings. The highest BCUT2D eigenvalue weighted by Crippen LogP contribution is 2.45. The summed E-state index contributed by atoms with van der Waals surface area (Å²) in [7, 11) is 0. The Morgan fingerprint density at radius 2 is 1.97 bits per heavy atom. The number of hydrogen-bond acceptors (Lipinski definition) is 9. The predicted molar refractivity (Wildman–Crippen MR) is 112 cm³/mol. The van der Waals surface area contributed by atoms with E-state index in [2.05, 4.69) is 27.8 Å². The first-order valence-electron chi connectivity index (χ1n) is 10.4. The van der Waals surface area contributed by atoms with Crippen LogP contribution in [0.5, 0.6) is 0 Å². The van der Waals surface area contributed by atoms with Crippen LogP contribution in [-0.4, -0.2) is 62.2 Å². The van der Waals surface area contributed by atoms with Crippen molar-refractivity contribution in [1.82, 2.24) is 30.0 Å². The van der Waals surface area contributed by atoms with Gasteiger partial charge in [-0.1, -0.05) is 25.1 Å². The van der Waals surface area contributed by atoms with Crippen LogP contribution in [0.1, 0.15) is 31.4 Å². The Bertz CT molecular complexity index is 1040. The number of piperazine rings is 1. The number of carbonyl (C=O) groups excluding carboxylic acids is 1. The minimum absolute atomic E-state index is 0.0951. The molecule has 0 bridgehead atoms. The van der Waals surface area contributed by atoms with Crippen molar-refractivity contribution in [3.63, 3.8) is 0 Å². The molecule has 0 radical (unpaired) electrons. The van der Waals surface area contributed by atoms with Gasteiger partial charge < -0.3 is 25.0 Å². The first-order valence-corrected chi connectivity index (χ1v) is 11.3. The van der Waals surface area contributed by atoms with Crippen molar-refractivity contribution in [3.8, 4) is 0 Å². The van der Waals surface area contributed by atoms with Crippen molar-refractivity contribution in [2.24, 2.45) is 0 Å². The zero-order valence-corrected chi connectivity index (χ0v) is 18.1. The molecule has 0 spiro atoms. The van der Waals surface area contributed by atoms with E-state index in [1.54, 1.807) is 11.8 Å². The molecular formula is C18H22F3N9OS. The van der Waals surface area contributed by atoms with E-state index in [0.717, 1.165) is 28.1 Å². The van der Waals surface area contributed by atoms with Crippen molar-refractivity contribution < 1.29 is 18.0 Å². The minimum atomic E-state index is -4.54. The highest BCUT2D eigenvalue weighted by Gasteiger charge is 2.40. The Balaban J connectivity index is 1.49. The summed E-state index contributed by atoms with van der Waals surface area (Å²) in [6.45, 7) is 3.93. The fourth-order valence-corrected chi connectivity index (χ4v) is 5.28. The molecule has 1 amide bonds. The number of nitrogens with zero attached hydrogens (tertiary/aromatic N) is 7. The molecule has 32 heavy (non-hydrogen) atoms. The first kappa shape index (κ1) is 21.1. The quantitative estimate of drug-likeness (QED) is 0.648. The summed E-state index contributed by atoms with van der Waals surface area (Å²) in [5, 5.41) is 14.3. The molecule has 3 aliphatic heterocycles. The maximum absolute atomic E-state index is 13.2. The number of thioether (sulfide) groups is 1. The molecule has 5 heterocycles. The fourth-order valence-electron chi connectivity index (χ4n) is 4.08. The second kappa shape index (κ2) is 7.98. The van der Waals surface area contributed by atoms with Crippen LogP contribution < -0.4 is 20.4 Å². The van der Waals surface area contributed by atoms with E-state index < -0.39 is 12.0 Å². The molecule has 10 nitrogen and oxygen atoms in total. The van der Waals surface area contributed by atoms with E-state index >= 15 is 0 Å². The van der Waals surface area contributed by atoms with Gasteiger partial charge in [0.05, 0.1) is 18.5 Å². The second-order valence-corrected chi connectivity index (χ2v) is 9.04. The SMILES string of the molecule is CCCC1Nc2c(nc(N3CCNC(=O)C3)nc2N2CCn3c(nnc3C(F)(F)F)C2)S1. The van der Waals surface area contributed by atoms with E-state index in [1.807, 2.05) is 9.80 Å². The van der Waals surface area contributed by atoms with Crippen LogP contribution >= 0.6 is 11.8 Å². The normalized spacial score (nSPS) is 20.6. The van der Waals surface area contributed by atoms with Crippen molar-refractivity contribution >= 4 is 35.1 Å². The molecule has 2 aromatic heterocycles. The number of amides is 1. The lowest BCUT2D eigenvalue weighted by atomic mass is 10.3. The van der Waals surface area contributed by atoms with Gasteiger partial charge in [-0.3, -0.25) is 4.79 Å². The third-order valence-corrected chi connectivity index (χ3v) is 6.74. The second-order valence-electron chi connectivity index (χ2n) is 7.85. The Morgan fingerprint density at radius 3 is 2.72 bits per heavy atom. The topological polar surface area (TPSA) is 104 Å². The summed E-state index contributed by atoms with van der Waals surface area (Å²) in [5.41, 5.74) is 0.780.